The number of aryl methyl sites for hydroxylation is 1. The van der Waals surface area contributed by atoms with Crippen LogP contribution in [-0.4, -0.2) is 26.7 Å². The van der Waals surface area contributed by atoms with E-state index in [0.717, 1.165) is 49.0 Å². The minimum atomic E-state index is 0.337. The van der Waals surface area contributed by atoms with E-state index < -0.39 is 0 Å². The summed E-state index contributed by atoms with van der Waals surface area (Å²) in [4.78, 5) is 5.11. The number of nitrogens with one attached hydrogen (secondary N) is 1. The number of rotatable bonds is 6. The standard InChI is InChI=1S/C20H29N5/c1-2-12-11-22-25-18(23-16-8-7-15(21)9-16)10-17(24-20(12)25)19(13-3-4-13)14-5-6-14/h10-11,13-16,19,23H,2-9,21H2,1H3/t15-,16-/m0/s1. The number of aromatic nitrogens is 3. The topological polar surface area (TPSA) is 68.2 Å². The fourth-order valence-corrected chi connectivity index (χ4v) is 4.69. The lowest BCUT2D eigenvalue weighted by molar-refractivity contribution is 0.524. The molecule has 3 fully saturated rings. The summed E-state index contributed by atoms with van der Waals surface area (Å²) in [6.45, 7) is 2.19. The molecule has 3 N–H and O–H groups in total. The molecular weight excluding hydrogens is 310 g/mol. The Morgan fingerprint density at radius 2 is 1.96 bits per heavy atom. The number of hydrogen-bond acceptors (Lipinski definition) is 4. The van der Waals surface area contributed by atoms with Gasteiger partial charge in [0.25, 0.3) is 0 Å². The van der Waals surface area contributed by atoms with Crippen molar-refractivity contribution < 1.29 is 0 Å². The zero-order valence-electron chi connectivity index (χ0n) is 15.1. The summed E-state index contributed by atoms with van der Waals surface area (Å²) in [5.74, 6) is 3.51. The predicted molar refractivity (Wildman–Crippen MR) is 99.8 cm³/mol. The average molecular weight is 339 g/mol. The third kappa shape index (κ3) is 2.92. The Balaban J connectivity index is 1.55. The first-order chi connectivity index (χ1) is 12.2. The first-order valence-electron chi connectivity index (χ1n) is 10.1. The van der Waals surface area contributed by atoms with E-state index in [2.05, 4.69) is 23.4 Å². The normalized spacial score (nSPS) is 26.7. The van der Waals surface area contributed by atoms with Crippen molar-refractivity contribution in [2.75, 3.05) is 5.32 Å². The smallest absolute Gasteiger partial charge is 0.160 e. The summed E-state index contributed by atoms with van der Waals surface area (Å²) in [6, 6.07) is 3.09. The van der Waals surface area contributed by atoms with Gasteiger partial charge in [0.2, 0.25) is 0 Å². The van der Waals surface area contributed by atoms with Gasteiger partial charge in [-0.05, 0) is 63.2 Å². The Kier molecular flexibility index (Phi) is 3.73. The van der Waals surface area contributed by atoms with Gasteiger partial charge in [-0.2, -0.15) is 9.61 Å². The molecule has 2 atom stereocenters. The van der Waals surface area contributed by atoms with Crippen molar-refractivity contribution in [3.05, 3.63) is 23.5 Å². The average Bonchev–Trinajstić information content (AvgIpc) is 3.52. The molecule has 0 radical (unpaired) electrons. The van der Waals surface area contributed by atoms with Gasteiger partial charge in [0.05, 0.1) is 11.9 Å². The van der Waals surface area contributed by atoms with Crippen LogP contribution >= 0.6 is 0 Å². The van der Waals surface area contributed by atoms with Crippen LogP contribution in [0.3, 0.4) is 0 Å². The molecule has 0 aliphatic heterocycles. The highest BCUT2D eigenvalue weighted by Crippen LogP contribution is 2.54. The summed E-state index contributed by atoms with van der Waals surface area (Å²) >= 11 is 0. The second kappa shape index (κ2) is 5.97. The molecule has 5 nitrogen and oxygen atoms in total. The molecule has 0 spiro atoms. The molecule has 2 heterocycles. The SMILES string of the molecule is CCc1cnn2c(N[C@H]3CC[C@H](N)C3)cc(C(C3CC3)C3CC3)nc12. The maximum atomic E-state index is 6.12. The van der Waals surface area contributed by atoms with Gasteiger partial charge in [-0.15, -0.1) is 0 Å². The molecular formula is C20H29N5. The van der Waals surface area contributed by atoms with Crippen LogP contribution in [0, 0.1) is 11.8 Å². The lowest BCUT2D eigenvalue weighted by Gasteiger charge is -2.20. The lowest BCUT2D eigenvalue weighted by atomic mass is 9.93. The summed E-state index contributed by atoms with van der Waals surface area (Å²) < 4.78 is 2.02. The van der Waals surface area contributed by atoms with Crippen molar-refractivity contribution >= 4 is 11.5 Å². The minimum Gasteiger partial charge on any atom is -0.367 e. The van der Waals surface area contributed by atoms with Gasteiger partial charge in [-0.3, -0.25) is 0 Å². The Labute approximate surface area is 149 Å². The predicted octanol–water partition coefficient (Wildman–Crippen LogP) is 3.49. The molecule has 3 aliphatic rings. The molecule has 0 aromatic carbocycles. The third-order valence-corrected chi connectivity index (χ3v) is 6.37. The van der Waals surface area contributed by atoms with Gasteiger partial charge in [0.1, 0.15) is 5.82 Å². The lowest BCUT2D eigenvalue weighted by Crippen LogP contribution is -2.22. The first kappa shape index (κ1) is 15.6. The highest BCUT2D eigenvalue weighted by atomic mass is 15.3. The highest BCUT2D eigenvalue weighted by Gasteiger charge is 2.43. The van der Waals surface area contributed by atoms with Crippen molar-refractivity contribution in [1.82, 2.24) is 14.6 Å². The van der Waals surface area contributed by atoms with Crippen LogP contribution in [-0.2, 0) is 6.42 Å². The van der Waals surface area contributed by atoms with Crippen LogP contribution in [0.15, 0.2) is 12.3 Å². The van der Waals surface area contributed by atoms with E-state index in [-0.39, 0.29) is 0 Å². The maximum absolute atomic E-state index is 6.12. The Morgan fingerprint density at radius 1 is 1.20 bits per heavy atom. The number of hydrogen-bond donors (Lipinski definition) is 2. The summed E-state index contributed by atoms with van der Waals surface area (Å²) in [5.41, 5.74) is 9.72. The Bertz CT molecular complexity index is 762. The van der Waals surface area contributed by atoms with E-state index in [1.807, 2.05) is 10.7 Å². The van der Waals surface area contributed by atoms with Crippen molar-refractivity contribution in [1.29, 1.82) is 0 Å². The fraction of sp³-hybridized carbons (Fsp3) is 0.700. The fourth-order valence-electron chi connectivity index (χ4n) is 4.69. The molecule has 5 heteroatoms. The number of nitrogens with zero attached hydrogens (tertiary/aromatic N) is 3. The molecule has 134 valence electrons. The molecule has 5 rings (SSSR count). The second-order valence-electron chi connectivity index (χ2n) is 8.44. The number of fused-ring (bicyclic) bond motifs is 1. The maximum Gasteiger partial charge on any atom is 0.160 e. The molecule has 0 amide bonds. The number of anilines is 1. The van der Waals surface area contributed by atoms with Crippen LogP contribution in [0.1, 0.15) is 69.0 Å². The van der Waals surface area contributed by atoms with Gasteiger partial charge < -0.3 is 11.1 Å². The Morgan fingerprint density at radius 3 is 2.56 bits per heavy atom. The highest BCUT2D eigenvalue weighted by molar-refractivity contribution is 5.55. The molecule has 0 saturated heterocycles. The van der Waals surface area contributed by atoms with Crippen LogP contribution in [0.4, 0.5) is 5.82 Å². The van der Waals surface area contributed by atoms with Crippen molar-refractivity contribution in [3.8, 4) is 0 Å². The summed E-state index contributed by atoms with van der Waals surface area (Å²) in [5, 5.41) is 8.38. The quantitative estimate of drug-likeness (QED) is 0.845. The van der Waals surface area contributed by atoms with E-state index in [4.69, 9.17) is 10.7 Å². The molecule has 2 aromatic heterocycles. The van der Waals surface area contributed by atoms with Gasteiger partial charge in [0, 0.05) is 29.6 Å². The van der Waals surface area contributed by atoms with Crippen LogP contribution in [0.2, 0.25) is 0 Å². The molecule has 2 aromatic rings. The largest absolute Gasteiger partial charge is 0.367 e. The van der Waals surface area contributed by atoms with Crippen LogP contribution in [0.5, 0.6) is 0 Å². The molecule has 3 aliphatic carbocycles. The monoisotopic (exact) mass is 339 g/mol. The first-order valence-corrected chi connectivity index (χ1v) is 10.1. The van der Waals surface area contributed by atoms with Crippen LogP contribution < -0.4 is 11.1 Å². The zero-order valence-corrected chi connectivity index (χ0v) is 15.1. The molecule has 0 bridgehead atoms. The minimum absolute atomic E-state index is 0.337. The van der Waals surface area contributed by atoms with Crippen LogP contribution in [0.25, 0.3) is 5.65 Å². The van der Waals surface area contributed by atoms with Crippen molar-refractivity contribution in [2.45, 2.75) is 76.3 Å². The van der Waals surface area contributed by atoms with E-state index >= 15 is 0 Å². The summed E-state index contributed by atoms with van der Waals surface area (Å²) in [7, 11) is 0. The van der Waals surface area contributed by atoms with Gasteiger partial charge >= 0.3 is 0 Å². The Hall–Kier alpha value is -1.62. The summed E-state index contributed by atoms with van der Waals surface area (Å²) in [6.07, 6.45) is 11.8. The molecule has 0 unspecified atom stereocenters. The number of nitrogens with two attached hydrogens (primary N) is 1. The van der Waals surface area contributed by atoms with Gasteiger partial charge in [-0.25, -0.2) is 4.98 Å². The zero-order chi connectivity index (χ0) is 17.0. The second-order valence-corrected chi connectivity index (χ2v) is 8.44. The van der Waals surface area contributed by atoms with Gasteiger partial charge in [-0.1, -0.05) is 6.92 Å². The third-order valence-electron chi connectivity index (χ3n) is 6.37. The van der Waals surface area contributed by atoms with Gasteiger partial charge in [0.15, 0.2) is 5.65 Å². The van der Waals surface area contributed by atoms with E-state index in [0.29, 0.717) is 18.0 Å². The molecule has 25 heavy (non-hydrogen) atoms. The van der Waals surface area contributed by atoms with E-state index in [1.165, 1.54) is 36.9 Å². The van der Waals surface area contributed by atoms with E-state index in [9.17, 15) is 0 Å². The van der Waals surface area contributed by atoms with Crippen molar-refractivity contribution in [3.63, 3.8) is 0 Å². The van der Waals surface area contributed by atoms with E-state index in [1.54, 1.807) is 0 Å². The van der Waals surface area contributed by atoms with Crippen molar-refractivity contribution in [2.24, 2.45) is 17.6 Å². The molecule has 3 saturated carbocycles.